The molecule has 0 bridgehead atoms. The lowest BCUT2D eigenvalue weighted by molar-refractivity contribution is 0.258. The molecule has 0 aliphatic heterocycles. The fourth-order valence-corrected chi connectivity index (χ4v) is 1.51. The first-order chi connectivity index (χ1) is 10.0. The molecule has 0 atom stereocenters. The zero-order valence-electron chi connectivity index (χ0n) is 11.0. The van der Waals surface area contributed by atoms with E-state index in [-0.39, 0.29) is 30.0 Å². The molecule has 1 heterocycles. The molecule has 8 heteroatoms. The predicted octanol–water partition coefficient (Wildman–Crippen LogP) is 1.22. The highest BCUT2D eigenvalue weighted by Gasteiger charge is 2.06. The quantitative estimate of drug-likeness (QED) is 0.577. The van der Waals surface area contributed by atoms with Crippen LogP contribution in [0.2, 0.25) is 0 Å². The smallest absolute Gasteiger partial charge is 0.223 e. The normalized spacial score (nSPS) is 11.2. The third-order valence-corrected chi connectivity index (χ3v) is 2.35. The van der Waals surface area contributed by atoms with Crippen molar-refractivity contribution in [2.24, 2.45) is 27.2 Å². The minimum Gasteiger partial charge on any atom is -0.483 e. The monoisotopic (exact) mass is 291 g/mol. The molecule has 0 saturated heterocycles. The van der Waals surface area contributed by atoms with Gasteiger partial charge in [-0.25, -0.2) is 9.38 Å². The summed E-state index contributed by atoms with van der Waals surface area (Å²) in [6.07, 6.45) is 1.51. The van der Waals surface area contributed by atoms with Gasteiger partial charge in [-0.3, -0.25) is 0 Å². The summed E-state index contributed by atoms with van der Waals surface area (Å²) in [4.78, 5) is 7.37. The van der Waals surface area contributed by atoms with Crippen LogP contribution < -0.4 is 21.9 Å². The second-order valence-electron chi connectivity index (χ2n) is 3.99. The van der Waals surface area contributed by atoms with Gasteiger partial charge in [-0.2, -0.15) is 4.99 Å². The van der Waals surface area contributed by atoms with Crippen molar-refractivity contribution in [3.8, 4) is 5.75 Å². The van der Waals surface area contributed by atoms with E-state index in [1.807, 2.05) is 0 Å². The molecule has 1 aromatic carbocycles. The molecule has 0 aliphatic rings. The van der Waals surface area contributed by atoms with Crippen molar-refractivity contribution in [3.63, 3.8) is 0 Å². The highest BCUT2D eigenvalue weighted by Crippen LogP contribution is 2.23. The summed E-state index contributed by atoms with van der Waals surface area (Å²) >= 11 is 0. The van der Waals surface area contributed by atoms with E-state index in [1.165, 1.54) is 18.4 Å². The largest absolute Gasteiger partial charge is 0.483 e. The Morgan fingerprint density at radius 3 is 2.67 bits per heavy atom. The summed E-state index contributed by atoms with van der Waals surface area (Å²) in [5.74, 6) is -0.312. The van der Waals surface area contributed by atoms with E-state index < -0.39 is 5.82 Å². The molecule has 0 aliphatic carbocycles. The van der Waals surface area contributed by atoms with Crippen LogP contribution in [0.5, 0.6) is 5.75 Å². The first-order valence-electron chi connectivity index (χ1n) is 5.93. The van der Waals surface area contributed by atoms with Crippen molar-refractivity contribution in [1.82, 2.24) is 0 Å². The van der Waals surface area contributed by atoms with Crippen LogP contribution in [0.1, 0.15) is 5.76 Å². The fourth-order valence-electron chi connectivity index (χ4n) is 1.51. The highest BCUT2D eigenvalue weighted by molar-refractivity contribution is 5.93. The van der Waals surface area contributed by atoms with E-state index in [0.717, 1.165) is 6.07 Å². The van der Waals surface area contributed by atoms with Gasteiger partial charge in [0.1, 0.15) is 12.4 Å². The number of ether oxygens (including phenoxy) is 1. The Bertz CT molecular complexity index is 663. The Morgan fingerprint density at radius 2 is 2.05 bits per heavy atom. The third-order valence-electron chi connectivity index (χ3n) is 2.35. The minimum absolute atomic E-state index is 0.0748. The van der Waals surface area contributed by atoms with Crippen LogP contribution in [-0.4, -0.2) is 11.9 Å². The van der Waals surface area contributed by atoms with E-state index in [9.17, 15) is 4.39 Å². The molecule has 1 aromatic heterocycles. The summed E-state index contributed by atoms with van der Waals surface area (Å²) in [7, 11) is 0. The summed E-state index contributed by atoms with van der Waals surface area (Å²) < 4.78 is 24.2. The molecule has 0 fully saturated rings. The number of rotatable bonds is 4. The lowest BCUT2D eigenvalue weighted by Gasteiger charge is -2.06. The zero-order valence-corrected chi connectivity index (χ0v) is 11.0. The van der Waals surface area contributed by atoms with Crippen molar-refractivity contribution >= 4 is 17.6 Å². The van der Waals surface area contributed by atoms with Crippen molar-refractivity contribution in [2.45, 2.75) is 6.61 Å². The number of furan rings is 1. The molecule has 0 saturated carbocycles. The Kier molecular flexibility index (Phi) is 4.39. The van der Waals surface area contributed by atoms with E-state index in [2.05, 4.69) is 9.98 Å². The number of benzene rings is 1. The second-order valence-corrected chi connectivity index (χ2v) is 3.99. The van der Waals surface area contributed by atoms with Crippen LogP contribution in [0, 0.1) is 5.82 Å². The van der Waals surface area contributed by atoms with Crippen LogP contribution in [0.25, 0.3) is 0 Å². The molecule has 0 unspecified atom stereocenters. The summed E-state index contributed by atoms with van der Waals surface area (Å²) in [6, 6.07) is 7.56. The maximum atomic E-state index is 13.8. The van der Waals surface area contributed by atoms with Crippen LogP contribution in [0.4, 0.5) is 10.1 Å². The molecule has 110 valence electrons. The Labute approximate surface area is 119 Å². The maximum Gasteiger partial charge on any atom is 0.223 e. The number of hydrogen-bond acceptors (Lipinski definition) is 3. The van der Waals surface area contributed by atoms with Gasteiger partial charge in [-0.15, -0.1) is 0 Å². The SMILES string of the molecule is NC(N)=NC(N)=Nc1ccc(OCc2ccco2)c(F)c1. The molecule has 0 amide bonds. The number of hydrogen-bond donors (Lipinski definition) is 3. The molecule has 21 heavy (non-hydrogen) atoms. The van der Waals surface area contributed by atoms with Gasteiger partial charge < -0.3 is 26.4 Å². The maximum absolute atomic E-state index is 13.8. The van der Waals surface area contributed by atoms with Gasteiger partial charge in [-0.05, 0) is 24.3 Å². The predicted molar refractivity (Wildman–Crippen MR) is 76.5 cm³/mol. The highest BCUT2D eigenvalue weighted by atomic mass is 19.1. The molecule has 0 radical (unpaired) electrons. The van der Waals surface area contributed by atoms with E-state index >= 15 is 0 Å². The topological polar surface area (TPSA) is 125 Å². The van der Waals surface area contributed by atoms with Gasteiger partial charge in [0, 0.05) is 6.07 Å². The number of aliphatic imine (C=N–C) groups is 2. The molecular formula is C13H14FN5O2. The molecule has 0 spiro atoms. The minimum atomic E-state index is -0.583. The fraction of sp³-hybridized carbons (Fsp3) is 0.0769. The van der Waals surface area contributed by atoms with E-state index in [1.54, 1.807) is 12.1 Å². The second kappa shape index (κ2) is 6.42. The van der Waals surface area contributed by atoms with Crippen LogP contribution in [-0.2, 0) is 6.61 Å². The van der Waals surface area contributed by atoms with Crippen molar-refractivity contribution in [1.29, 1.82) is 0 Å². The van der Waals surface area contributed by atoms with Gasteiger partial charge in [0.15, 0.2) is 17.5 Å². The lowest BCUT2D eigenvalue weighted by atomic mass is 10.3. The van der Waals surface area contributed by atoms with Gasteiger partial charge in [0.2, 0.25) is 5.96 Å². The lowest BCUT2D eigenvalue weighted by Crippen LogP contribution is -2.26. The first-order valence-corrected chi connectivity index (χ1v) is 5.93. The van der Waals surface area contributed by atoms with Gasteiger partial charge in [-0.1, -0.05) is 0 Å². The molecule has 6 N–H and O–H groups in total. The van der Waals surface area contributed by atoms with Gasteiger partial charge >= 0.3 is 0 Å². The summed E-state index contributed by atoms with van der Waals surface area (Å²) in [6.45, 7) is 0.128. The number of nitrogens with zero attached hydrogens (tertiary/aromatic N) is 2. The Balaban J connectivity index is 2.08. The van der Waals surface area contributed by atoms with Crippen molar-refractivity contribution < 1.29 is 13.5 Å². The van der Waals surface area contributed by atoms with E-state index in [4.69, 9.17) is 26.4 Å². The zero-order chi connectivity index (χ0) is 15.2. The molecule has 2 rings (SSSR count). The third kappa shape index (κ3) is 4.23. The van der Waals surface area contributed by atoms with Crippen molar-refractivity contribution in [3.05, 3.63) is 48.2 Å². The van der Waals surface area contributed by atoms with Gasteiger partial charge in [0.05, 0.1) is 12.0 Å². The molecular weight excluding hydrogens is 277 g/mol. The molecule has 2 aromatic rings. The Morgan fingerprint density at radius 1 is 1.24 bits per heavy atom. The van der Waals surface area contributed by atoms with Gasteiger partial charge in [0.25, 0.3) is 0 Å². The number of nitrogens with two attached hydrogens (primary N) is 3. The van der Waals surface area contributed by atoms with Crippen LogP contribution in [0.3, 0.4) is 0 Å². The summed E-state index contributed by atoms with van der Waals surface area (Å²) in [5, 5.41) is 0. The number of guanidine groups is 2. The summed E-state index contributed by atoms with van der Waals surface area (Å²) in [5.41, 5.74) is 16.0. The van der Waals surface area contributed by atoms with Crippen LogP contribution >= 0.6 is 0 Å². The van der Waals surface area contributed by atoms with E-state index in [0.29, 0.717) is 5.76 Å². The molecule has 7 nitrogen and oxygen atoms in total. The number of halogens is 1. The average molecular weight is 291 g/mol. The standard InChI is InChI=1S/C13H14FN5O2/c14-10-6-8(18-13(17)19-12(15)16)3-4-11(10)21-7-9-2-1-5-20-9/h1-6H,7H2,(H6,15,16,17,18,19). The first kappa shape index (κ1) is 14.4. The van der Waals surface area contributed by atoms with Crippen molar-refractivity contribution in [2.75, 3.05) is 0 Å². The average Bonchev–Trinajstić information content (AvgIpc) is 2.89. The Hall–Kier alpha value is -3.03. The van der Waals surface area contributed by atoms with Crippen LogP contribution in [0.15, 0.2) is 51.0 Å².